The van der Waals surface area contributed by atoms with Crippen molar-refractivity contribution >= 4 is 40.3 Å². The number of esters is 2. The van der Waals surface area contributed by atoms with Crippen LogP contribution < -0.4 is 0 Å². The standard InChI is InChI=1S/C15H18O3.C13H15IO2.C6H12O.CH4/c1-9-7-14(11-5-4-6-11)13(10(2)16)8-12(9)15(17)18-3;1-8-6-11(9-4-3-5-9)12(14)7-10(8)13(15)16-2;1-3-5-6-7-4-2;/h7-8,11H,4-6H2,1-3H3;6-7,9H,3-5H2,1-2H3;4H,2-3,5-6H2,1H3;1H4. The molecule has 232 valence electrons. The maximum Gasteiger partial charge on any atom is 0.338 e. The van der Waals surface area contributed by atoms with Gasteiger partial charge >= 0.3 is 11.9 Å². The van der Waals surface area contributed by atoms with E-state index < -0.39 is 0 Å². The number of ketones is 1. The number of hydrogen-bond donors (Lipinski definition) is 0. The minimum absolute atomic E-state index is 0. The maximum absolute atomic E-state index is 11.7. The second kappa shape index (κ2) is 18.8. The SMILES string of the molecule is C.C=COCCCC.COC(=O)c1cc(C(C)=O)c(C2CCC2)cc1C.COC(=O)c1cc(I)c(C2CCC2)cc1C. The minimum atomic E-state index is -0.379. The molecular formula is C35H49IO6. The summed E-state index contributed by atoms with van der Waals surface area (Å²) in [5.74, 6) is 0.583. The maximum atomic E-state index is 11.7. The summed E-state index contributed by atoms with van der Waals surface area (Å²) in [7, 11) is 2.78. The number of aryl methyl sites for hydroxylation is 2. The van der Waals surface area contributed by atoms with Crippen LogP contribution in [0.2, 0.25) is 0 Å². The van der Waals surface area contributed by atoms with Crippen LogP contribution in [0.3, 0.4) is 0 Å². The molecule has 0 aliphatic heterocycles. The summed E-state index contributed by atoms with van der Waals surface area (Å²) in [6.45, 7) is 11.8. The van der Waals surface area contributed by atoms with E-state index in [-0.39, 0.29) is 25.1 Å². The van der Waals surface area contributed by atoms with Crippen molar-refractivity contribution in [1.82, 2.24) is 0 Å². The van der Waals surface area contributed by atoms with Crippen molar-refractivity contribution in [2.75, 3.05) is 20.8 Å². The van der Waals surface area contributed by atoms with E-state index in [2.05, 4.69) is 42.2 Å². The molecule has 0 aromatic heterocycles. The Morgan fingerprint density at radius 2 is 1.33 bits per heavy atom. The van der Waals surface area contributed by atoms with E-state index in [1.54, 1.807) is 13.0 Å². The molecule has 0 bridgehead atoms. The molecule has 6 nitrogen and oxygen atoms in total. The van der Waals surface area contributed by atoms with E-state index in [9.17, 15) is 14.4 Å². The highest BCUT2D eigenvalue weighted by atomic mass is 127. The van der Waals surface area contributed by atoms with Gasteiger partial charge < -0.3 is 14.2 Å². The Labute approximate surface area is 266 Å². The van der Waals surface area contributed by atoms with Crippen molar-refractivity contribution < 1.29 is 28.6 Å². The van der Waals surface area contributed by atoms with Gasteiger partial charge in [-0.15, -0.1) is 0 Å². The highest BCUT2D eigenvalue weighted by Gasteiger charge is 2.26. The highest BCUT2D eigenvalue weighted by molar-refractivity contribution is 14.1. The van der Waals surface area contributed by atoms with Gasteiger partial charge in [-0.2, -0.15) is 0 Å². The van der Waals surface area contributed by atoms with Gasteiger partial charge in [-0.3, -0.25) is 4.79 Å². The first-order chi connectivity index (χ1) is 19.6. The number of rotatable bonds is 9. The normalized spacial score (nSPS) is 13.8. The molecule has 2 aromatic rings. The van der Waals surface area contributed by atoms with Gasteiger partial charge in [-0.1, -0.05) is 52.3 Å². The highest BCUT2D eigenvalue weighted by Crippen LogP contribution is 2.40. The first-order valence-electron chi connectivity index (χ1n) is 14.4. The van der Waals surface area contributed by atoms with Gasteiger partial charge in [0.25, 0.3) is 0 Å². The summed E-state index contributed by atoms with van der Waals surface area (Å²) in [6.07, 6.45) is 11.2. The largest absolute Gasteiger partial charge is 0.502 e. The van der Waals surface area contributed by atoms with E-state index in [0.717, 1.165) is 42.6 Å². The van der Waals surface area contributed by atoms with Crippen LogP contribution in [0.1, 0.15) is 138 Å². The van der Waals surface area contributed by atoms with Crippen molar-refractivity contribution in [3.8, 4) is 0 Å². The van der Waals surface area contributed by atoms with Crippen LogP contribution in [-0.4, -0.2) is 38.5 Å². The van der Waals surface area contributed by atoms with Gasteiger partial charge in [0.2, 0.25) is 0 Å². The average Bonchev–Trinajstić information content (AvgIpc) is 2.88. The van der Waals surface area contributed by atoms with E-state index in [4.69, 9.17) is 14.2 Å². The Balaban J connectivity index is 0.000000340. The molecule has 42 heavy (non-hydrogen) atoms. The first-order valence-corrected chi connectivity index (χ1v) is 15.5. The molecule has 0 amide bonds. The Morgan fingerprint density at radius 1 is 0.857 bits per heavy atom. The third kappa shape index (κ3) is 10.2. The molecule has 2 aromatic carbocycles. The van der Waals surface area contributed by atoms with E-state index in [1.165, 1.54) is 61.7 Å². The number of ether oxygens (including phenoxy) is 3. The van der Waals surface area contributed by atoms with Crippen molar-refractivity contribution in [3.63, 3.8) is 0 Å². The smallest absolute Gasteiger partial charge is 0.338 e. The van der Waals surface area contributed by atoms with Gasteiger partial charge in [0.05, 0.1) is 38.2 Å². The zero-order valence-electron chi connectivity index (χ0n) is 25.4. The number of Topliss-reactive ketones (excluding diaryl/α,β-unsaturated/α-hetero) is 1. The fraction of sp³-hybridized carbons (Fsp3) is 0.514. The Hall–Kier alpha value is -2.68. The van der Waals surface area contributed by atoms with Crippen LogP contribution in [0.15, 0.2) is 37.1 Å². The molecule has 4 rings (SSSR count). The summed E-state index contributed by atoms with van der Waals surface area (Å²) in [5, 5.41) is 0. The zero-order valence-corrected chi connectivity index (χ0v) is 27.6. The molecule has 2 aliphatic rings. The third-order valence-corrected chi connectivity index (χ3v) is 8.69. The van der Waals surface area contributed by atoms with Crippen molar-refractivity contribution in [1.29, 1.82) is 0 Å². The lowest BCUT2D eigenvalue weighted by Gasteiger charge is -2.28. The summed E-state index contributed by atoms with van der Waals surface area (Å²) in [5.41, 5.74) is 6.25. The van der Waals surface area contributed by atoms with Gasteiger partial charge in [0.15, 0.2) is 5.78 Å². The van der Waals surface area contributed by atoms with Crippen LogP contribution >= 0.6 is 22.6 Å². The second-order valence-corrected chi connectivity index (χ2v) is 11.8. The molecule has 0 N–H and O–H groups in total. The number of carbonyl (C=O) groups is 3. The third-order valence-electron chi connectivity index (χ3n) is 7.75. The lowest BCUT2D eigenvalue weighted by molar-refractivity contribution is 0.0590. The number of hydrogen-bond acceptors (Lipinski definition) is 6. The van der Waals surface area contributed by atoms with E-state index in [1.807, 2.05) is 26.0 Å². The number of methoxy groups -OCH3 is 2. The van der Waals surface area contributed by atoms with Crippen molar-refractivity contribution in [2.24, 2.45) is 0 Å². The van der Waals surface area contributed by atoms with Crippen LogP contribution in [0.4, 0.5) is 0 Å². The van der Waals surface area contributed by atoms with Crippen LogP contribution in [0.5, 0.6) is 0 Å². The number of carbonyl (C=O) groups excluding carboxylic acids is 3. The van der Waals surface area contributed by atoms with Gasteiger partial charge in [0, 0.05) is 9.13 Å². The number of benzene rings is 2. The van der Waals surface area contributed by atoms with Gasteiger partial charge in [-0.05, 0) is 122 Å². The fourth-order valence-electron chi connectivity index (χ4n) is 4.80. The molecule has 7 heteroatoms. The number of unbranched alkanes of at least 4 members (excludes halogenated alkanes) is 1. The lowest BCUT2D eigenvalue weighted by atomic mass is 9.76. The van der Waals surface area contributed by atoms with Crippen LogP contribution in [-0.2, 0) is 14.2 Å². The second-order valence-electron chi connectivity index (χ2n) is 10.6. The van der Waals surface area contributed by atoms with E-state index >= 15 is 0 Å². The molecule has 2 saturated carbocycles. The minimum Gasteiger partial charge on any atom is -0.502 e. The predicted molar refractivity (Wildman–Crippen MR) is 179 cm³/mol. The first kappa shape index (κ1) is 37.3. The summed E-state index contributed by atoms with van der Waals surface area (Å²) < 4.78 is 15.5. The lowest BCUT2D eigenvalue weighted by Crippen LogP contribution is -2.15. The summed E-state index contributed by atoms with van der Waals surface area (Å²) >= 11 is 2.32. The topological polar surface area (TPSA) is 78.9 Å². The quantitative estimate of drug-likeness (QED) is 0.0857. The number of halogens is 1. The fourth-order valence-corrected chi connectivity index (χ4v) is 5.71. The predicted octanol–water partition coefficient (Wildman–Crippen LogP) is 9.49. The Bertz CT molecular complexity index is 1210. The van der Waals surface area contributed by atoms with Gasteiger partial charge in [-0.25, -0.2) is 9.59 Å². The van der Waals surface area contributed by atoms with Crippen LogP contribution in [0.25, 0.3) is 0 Å². The molecule has 0 spiro atoms. The molecule has 0 unspecified atom stereocenters. The van der Waals surface area contributed by atoms with Crippen molar-refractivity contribution in [2.45, 2.75) is 98.3 Å². The molecule has 0 atom stereocenters. The zero-order chi connectivity index (χ0) is 30.5. The summed E-state index contributed by atoms with van der Waals surface area (Å²) in [4.78, 5) is 34.9. The molecular weight excluding hydrogens is 643 g/mol. The van der Waals surface area contributed by atoms with E-state index in [0.29, 0.717) is 28.5 Å². The molecule has 0 heterocycles. The molecule has 0 saturated heterocycles. The summed E-state index contributed by atoms with van der Waals surface area (Å²) in [6, 6.07) is 7.78. The monoisotopic (exact) mass is 692 g/mol. The Morgan fingerprint density at radius 3 is 1.74 bits per heavy atom. The Kier molecular flexibility index (Phi) is 16.7. The van der Waals surface area contributed by atoms with Crippen molar-refractivity contribution in [3.05, 3.63) is 79.6 Å². The van der Waals surface area contributed by atoms with Crippen LogP contribution in [0, 0.1) is 17.4 Å². The molecule has 0 radical (unpaired) electrons. The molecule has 2 aliphatic carbocycles. The average molecular weight is 693 g/mol. The molecule has 2 fully saturated rings. The van der Waals surface area contributed by atoms with Gasteiger partial charge in [0.1, 0.15) is 0 Å².